The number of rotatable bonds is 5. The van der Waals surface area contributed by atoms with Crippen LogP contribution in [0.1, 0.15) is 57.8 Å². The standard InChI is InChI=1S/C24H32ClN3O2/c1-17(18-12-15-28(16-13-18)23(29)30-24(2,3)4)27-22(21-7-5-6-14-26-21)19-8-10-20(25)11-9-19/h5-11,14,17-18,22,27H,12-13,15-16H2,1-4H3. The number of halogens is 1. The molecule has 6 heteroatoms. The second kappa shape index (κ2) is 9.80. The number of likely N-dealkylation sites (tertiary alicyclic amines) is 1. The smallest absolute Gasteiger partial charge is 0.410 e. The van der Waals surface area contributed by atoms with Gasteiger partial charge in [-0.15, -0.1) is 0 Å². The van der Waals surface area contributed by atoms with Crippen LogP contribution in [-0.4, -0.2) is 40.7 Å². The predicted octanol–water partition coefficient (Wildman–Crippen LogP) is 5.45. The largest absolute Gasteiger partial charge is 0.444 e. The number of aromatic nitrogens is 1. The Balaban J connectivity index is 1.65. The van der Waals surface area contributed by atoms with Gasteiger partial charge in [-0.3, -0.25) is 4.98 Å². The summed E-state index contributed by atoms with van der Waals surface area (Å²) in [6.07, 6.45) is 3.50. The number of nitrogens with one attached hydrogen (secondary N) is 1. The van der Waals surface area contributed by atoms with Crippen LogP contribution in [0, 0.1) is 5.92 Å². The molecule has 1 fully saturated rings. The van der Waals surface area contributed by atoms with Crippen LogP contribution >= 0.6 is 11.6 Å². The maximum atomic E-state index is 12.3. The molecule has 0 saturated carbocycles. The summed E-state index contributed by atoms with van der Waals surface area (Å²) in [7, 11) is 0. The van der Waals surface area contributed by atoms with Crippen molar-refractivity contribution in [2.75, 3.05) is 13.1 Å². The quantitative estimate of drug-likeness (QED) is 0.686. The van der Waals surface area contributed by atoms with E-state index in [2.05, 4.69) is 17.2 Å². The average molecular weight is 430 g/mol. The Hall–Kier alpha value is -2.11. The van der Waals surface area contributed by atoms with Gasteiger partial charge in [-0.05, 0) is 76.3 Å². The lowest BCUT2D eigenvalue weighted by molar-refractivity contribution is 0.0170. The van der Waals surface area contributed by atoms with Crippen molar-refractivity contribution in [1.82, 2.24) is 15.2 Å². The topological polar surface area (TPSA) is 54.5 Å². The molecule has 2 heterocycles. The molecule has 0 spiro atoms. The normalized spacial score (nSPS) is 17.4. The summed E-state index contributed by atoms with van der Waals surface area (Å²) in [6, 6.07) is 14.2. The van der Waals surface area contributed by atoms with Crippen LogP contribution in [-0.2, 0) is 4.74 Å². The van der Waals surface area contributed by atoms with Crippen LogP contribution in [0.15, 0.2) is 48.7 Å². The third-order valence-corrected chi connectivity index (χ3v) is 5.77. The number of piperidine rings is 1. The van der Waals surface area contributed by atoms with Crippen molar-refractivity contribution in [3.05, 3.63) is 64.9 Å². The van der Waals surface area contributed by atoms with Crippen molar-refractivity contribution in [3.63, 3.8) is 0 Å². The Morgan fingerprint density at radius 1 is 1.17 bits per heavy atom. The van der Waals surface area contributed by atoms with Crippen LogP contribution in [0.4, 0.5) is 4.79 Å². The summed E-state index contributed by atoms with van der Waals surface area (Å²) in [5.41, 5.74) is 1.66. The summed E-state index contributed by atoms with van der Waals surface area (Å²) in [5, 5.41) is 4.50. The summed E-state index contributed by atoms with van der Waals surface area (Å²) < 4.78 is 5.52. The fraction of sp³-hybridized carbons (Fsp3) is 0.500. The van der Waals surface area contributed by atoms with Crippen molar-refractivity contribution in [2.24, 2.45) is 5.92 Å². The fourth-order valence-corrected chi connectivity index (χ4v) is 3.99. The molecule has 1 aliphatic heterocycles. The lowest BCUT2D eigenvalue weighted by Crippen LogP contribution is -2.46. The van der Waals surface area contributed by atoms with Gasteiger partial charge in [0.25, 0.3) is 0 Å². The van der Waals surface area contributed by atoms with Gasteiger partial charge in [0, 0.05) is 30.4 Å². The minimum atomic E-state index is -0.461. The van der Waals surface area contributed by atoms with E-state index >= 15 is 0 Å². The Kier molecular flexibility index (Phi) is 7.37. The number of carbonyl (C=O) groups excluding carboxylic acids is 1. The second-order valence-corrected chi connectivity index (χ2v) is 9.44. The van der Waals surface area contributed by atoms with E-state index in [1.807, 2.05) is 74.3 Å². The molecule has 1 N–H and O–H groups in total. The molecular formula is C24H32ClN3O2. The van der Waals surface area contributed by atoms with Gasteiger partial charge in [0.05, 0.1) is 11.7 Å². The lowest BCUT2D eigenvalue weighted by Gasteiger charge is -2.37. The van der Waals surface area contributed by atoms with E-state index in [4.69, 9.17) is 16.3 Å². The molecule has 0 radical (unpaired) electrons. The highest BCUT2D eigenvalue weighted by Gasteiger charge is 2.30. The summed E-state index contributed by atoms with van der Waals surface area (Å²) in [4.78, 5) is 18.7. The van der Waals surface area contributed by atoms with Crippen LogP contribution in [0.3, 0.4) is 0 Å². The van der Waals surface area contributed by atoms with Crippen molar-refractivity contribution in [1.29, 1.82) is 0 Å². The van der Waals surface area contributed by atoms with Gasteiger partial charge in [0.2, 0.25) is 0 Å². The maximum Gasteiger partial charge on any atom is 0.410 e. The van der Waals surface area contributed by atoms with Crippen LogP contribution in [0.25, 0.3) is 0 Å². The first kappa shape index (κ1) is 22.6. The average Bonchev–Trinajstić information content (AvgIpc) is 2.72. The number of carbonyl (C=O) groups is 1. The number of benzene rings is 1. The van der Waals surface area contributed by atoms with E-state index in [-0.39, 0.29) is 18.2 Å². The zero-order valence-corrected chi connectivity index (χ0v) is 19.0. The molecule has 0 aliphatic carbocycles. The van der Waals surface area contributed by atoms with Gasteiger partial charge in [-0.25, -0.2) is 4.79 Å². The fourth-order valence-electron chi connectivity index (χ4n) is 3.86. The van der Waals surface area contributed by atoms with Crippen LogP contribution in [0.2, 0.25) is 5.02 Å². The number of pyridine rings is 1. The third-order valence-electron chi connectivity index (χ3n) is 5.51. The Bertz CT molecular complexity index is 813. The number of hydrogen-bond donors (Lipinski definition) is 1. The maximum absolute atomic E-state index is 12.3. The van der Waals surface area contributed by atoms with Gasteiger partial charge >= 0.3 is 6.09 Å². The Morgan fingerprint density at radius 3 is 2.40 bits per heavy atom. The molecule has 2 aromatic rings. The number of hydrogen-bond acceptors (Lipinski definition) is 4. The molecule has 0 bridgehead atoms. The van der Waals surface area contributed by atoms with Crippen molar-refractivity contribution >= 4 is 17.7 Å². The van der Waals surface area contributed by atoms with Gasteiger partial charge in [0.15, 0.2) is 0 Å². The molecule has 1 saturated heterocycles. The molecule has 162 valence electrons. The SMILES string of the molecule is CC(NC(c1ccc(Cl)cc1)c1ccccn1)C1CCN(C(=O)OC(C)(C)C)CC1. The van der Waals surface area contributed by atoms with E-state index in [0.717, 1.165) is 42.2 Å². The first-order chi connectivity index (χ1) is 14.2. The summed E-state index contributed by atoms with van der Waals surface area (Å²) in [5.74, 6) is 0.474. The molecule has 5 nitrogen and oxygen atoms in total. The first-order valence-electron chi connectivity index (χ1n) is 10.6. The third kappa shape index (κ3) is 6.19. The first-order valence-corrected chi connectivity index (χ1v) is 11.0. The molecule has 1 aromatic carbocycles. The van der Waals surface area contributed by atoms with Crippen molar-refractivity contribution < 1.29 is 9.53 Å². The molecular weight excluding hydrogens is 398 g/mol. The van der Waals surface area contributed by atoms with Crippen LogP contribution in [0.5, 0.6) is 0 Å². The monoisotopic (exact) mass is 429 g/mol. The molecule has 1 aromatic heterocycles. The summed E-state index contributed by atoms with van der Waals surface area (Å²) >= 11 is 6.09. The van der Waals surface area contributed by atoms with E-state index in [1.165, 1.54) is 0 Å². The zero-order valence-electron chi connectivity index (χ0n) is 18.3. The predicted molar refractivity (Wildman–Crippen MR) is 121 cm³/mol. The van der Waals surface area contributed by atoms with E-state index < -0.39 is 5.60 Å². The van der Waals surface area contributed by atoms with Gasteiger partial charge in [-0.1, -0.05) is 29.8 Å². The highest BCUT2D eigenvalue weighted by molar-refractivity contribution is 6.30. The number of ether oxygens (including phenoxy) is 1. The van der Waals surface area contributed by atoms with Gasteiger partial charge in [0.1, 0.15) is 5.60 Å². The molecule has 1 aliphatic rings. The molecule has 2 atom stereocenters. The van der Waals surface area contributed by atoms with E-state index in [0.29, 0.717) is 5.92 Å². The Labute approximate surface area is 184 Å². The second-order valence-electron chi connectivity index (χ2n) is 9.00. The Morgan fingerprint density at radius 2 is 1.83 bits per heavy atom. The summed E-state index contributed by atoms with van der Waals surface area (Å²) in [6.45, 7) is 9.37. The highest BCUT2D eigenvalue weighted by atomic mass is 35.5. The number of nitrogens with zero attached hydrogens (tertiary/aromatic N) is 2. The van der Waals surface area contributed by atoms with E-state index in [1.54, 1.807) is 0 Å². The van der Waals surface area contributed by atoms with Crippen molar-refractivity contribution in [3.8, 4) is 0 Å². The minimum Gasteiger partial charge on any atom is -0.444 e. The zero-order chi connectivity index (χ0) is 21.7. The lowest BCUT2D eigenvalue weighted by atomic mass is 9.89. The molecule has 3 rings (SSSR count). The molecule has 2 unspecified atom stereocenters. The van der Waals surface area contributed by atoms with Crippen molar-refractivity contribution in [2.45, 2.75) is 58.2 Å². The number of amides is 1. The van der Waals surface area contributed by atoms with E-state index in [9.17, 15) is 4.79 Å². The minimum absolute atomic E-state index is 0.0117. The highest BCUT2D eigenvalue weighted by Crippen LogP contribution is 2.27. The molecule has 1 amide bonds. The van der Waals surface area contributed by atoms with Gasteiger partial charge in [-0.2, -0.15) is 0 Å². The molecule has 30 heavy (non-hydrogen) atoms. The van der Waals surface area contributed by atoms with Gasteiger partial charge < -0.3 is 15.0 Å². The van der Waals surface area contributed by atoms with Crippen LogP contribution < -0.4 is 5.32 Å².